The van der Waals surface area contributed by atoms with Gasteiger partial charge in [0.15, 0.2) is 0 Å². The topological polar surface area (TPSA) is 83.5 Å². The molecule has 0 saturated carbocycles. The lowest BCUT2D eigenvalue weighted by Gasteiger charge is -2.08. The van der Waals surface area contributed by atoms with E-state index in [0.29, 0.717) is 18.4 Å². The third kappa shape index (κ3) is 4.96. The van der Waals surface area contributed by atoms with E-state index in [2.05, 4.69) is 4.72 Å². The Balaban J connectivity index is 2.61. The van der Waals surface area contributed by atoms with Gasteiger partial charge in [0.2, 0.25) is 10.0 Å². The van der Waals surface area contributed by atoms with Crippen molar-refractivity contribution in [1.82, 2.24) is 4.72 Å². The molecular formula is C12H16FNO4S. The van der Waals surface area contributed by atoms with Gasteiger partial charge in [-0.15, -0.1) is 0 Å². The Morgan fingerprint density at radius 3 is 2.68 bits per heavy atom. The number of carbonyl (C=O) groups is 1. The summed E-state index contributed by atoms with van der Waals surface area (Å²) in [7, 11) is -3.89. The van der Waals surface area contributed by atoms with Crippen LogP contribution in [0.15, 0.2) is 23.1 Å². The second kappa shape index (κ2) is 6.63. The highest BCUT2D eigenvalue weighted by Crippen LogP contribution is 2.15. The van der Waals surface area contributed by atoms with Crippen molar-refractivity contribution in [2.45, 2.75) is 31.1 Å². The average Bonchev–Trinajstić information content (AvgIpc) is 2.31. The van der Waals surface area contributed by atoms with Crippen LogP contribution in [0.3, 0.4) is 0 Å². The van der Waals surface area contributed by atoms with Crippen LogP contribution >= 0.6 is 0 Å². The summed E-state index contributed by atoms with van der Waals surface area (Å²) in [6.07, 6.45) is 0.744. The van der Waals surface area contributed by atoms with Gasteiger partial charge in [0, 0.05) is 13.0 Å². The normalized spacial score (nSPS) is 11.5. The molecule has 0 aliphatic carbocycles. The zero-order valence-corrected chi connectivity index (χ0v) is 11.3. The SMILES string of the molecule is Cc1ccc(F)c(S(=O)(=O)NCCCCC(=O)O)c1. The molecule has 0 saturated heterocycles. The first-order valence-electron chi connectivity index (χ1n) is 5.80. The summed E-state index contributed by atoms with van der Waals surface area (Å²) in [5, 5.41) is 8.43. The summed E-state index contributed by atoms with van der Waals surface area (Å²) in [5.74, 6) is -1.73. The van der Waals surface area contributed by atoms with Crippen molar-refractivity contribution in [1.29, 1.82) is 0 Å². The van der Waals surface area contributed by atoms with Gasteiger partial charge in [-0.1, -0.05) is 6.07 Å². The minimum atomic E-state index is -3.89. The summed E-state index contributed by atoms with van der Waals surface area (Å²) in [6.45, 7) is 1.76. The van der Waals surface area contributed by atoms with Gasteiger partial charge in [-0.3, -0.25) is 4.79 Å². The summed E-state index contributed by atoms with van der Waals surface area (Å²) < 4.78 is 39.4. The first-order chi connectivity index (χ1) is 8.83. The average molecular weight is 289 g/mol. The molecule has 0 radical (unpaired) electrons. The van der Waals surface area contributed by atoms with Crippen molar-refractivity contribution in [2.75, 3.05) is 6.54 Å². The number of carboxylic acids is 1. The zero-order valence-electron chi connectivity index (χ0n) is 10.5. The molecule has 5 nitrogen and oxygen atoms in total. The Hall–Kier alpha value is -1.47. The third-order valence-corrected chi connectivity index (χ3v) is 3.96. The number of aliphatic carboxylic acids is 1. The number of benzene rings is 1. The number of sulfonamides is 1. The Morgan fingerprint density at radius 1 is 1.37 bits per heavy atom. The van der Waals surface area contributed by atoms with Gasteiger partial charge >= 0.3 is 5.97 Å². The summed E-state index contributed by atoms with van der Waals surface area (Å²) in [6, 6.07) is 3.85. The fraction of sp³-hybridized carbons (Fsp3) is 0.417. The van der Waals surface area contributed by atoms with Gasteiger partial charge in [0.1, 0.15) is 10.7 Å². The molecule has 0 aliphatic heterocycles. The van der Waals surface area contributed by atoms with E-state index in [0.717, 1.165) is 6.07 Å². The second-order valence-electron chi connectivity index (χ2n) is 4.18. The number of halogens is 1. The minimum Gasteiger partial charge on any atom is -0.481 e. The van der Waals surface area contributed by atoms with E-state index in [4.69, 9.17) is 5.11 Å². The number of hydrogen-bond donors (Lipinski definition) is 2. The van der Waals surface area contributed by atoms with E-state index >= 15 is 0 Å². The molecule has 0 unspecified atom stereocenters. The van der Waals surface area contributed by atoms with E-state index in [9.17, 15) is 17.6 Å². The first kappa shape index (κ1) is 15.6. The number of aryl methyl sites for hydroxylation is 1. The smallest absolute Gasteiger partial charge is 0.303 e. The fourth-order valence-corrected chi connectivity index (χ4v) is 2.74. The van der Waals surface area contributed by atoms with Crippen LogP contribution in [0.5, 0.6) is 0 Å². The summed E-state index contributed by atoms with van der Waals surface area (Å²) in [4.78, 5) is 9.89. The van der Waals surface area contributed by atoms with Gasteiger partial charge in [-0.2, -0.15) is 0 Å². The maximum Gasteiger partial charge on any atom is 0.303 e. The predicted octanol–water partition coefficient (Wildman–Crippen LogP) is 1.67. The van der Waals surface area contributed by atoms with Crippen LogP contribution in [0.4, 0.5) is 4.39 Å². The molecule has 19 heavy (non-hydrogen) atoms. The minimum absolute atomic E-state index is 0.0134. The largest absolute Gasteiger partial charge is 0.481 e. The molecule has 0 aliphatic rings. The van der Waals surface area contributed by atoms with Crippen LogP contribution < -0.4 is 4.72 Å². The zero-order chi connectivity index (χ0) is 14.5. The van der Waals surface area contributed by atoms with Gasteiger partial charge in [-0.25, -0.2) is 17.5 Å². The quantitative estimate of drug-likeness (QED) is 0.748. The second-order valence-corrected chi connectivity index (χ2v) is 5.92. The fourth-order valence-electron chi connectivity index (χ4n) is 1.50. The summed E-state index contributed by atoms with van der Waals surface area (Å²) >= 11 is 0. The van der Waals surface area contributed by atoms with Crippen molar-refractivity contribution in [3.63, 3.8) is 0 Å². The lowest BCUT2D eigenvalue weighted by Crippen LogP contribution is -2.25. The maximum absolute atomic E-state index is 13.4. The lowest BCUT2D eigenvalue weighted by molar-refractivity contribution is -0.137. The number of nitrogens with one attached hydrogen (secondary N) is 1. The van der Waals surface area contributed by atoms with Crippen LogP contribution in [0.25, 0.3) is 0 Å². The Kier molecular flexibility index (Phi) is 5.44. The van der Waals surface area contributed by atoms with Crippen molar-refractivity contribution in [2.24, 2.45) is 0 Å². The molecule has 0 atom stereocenters. The molecule has 2 N–H and O–H groups in total. The molecule has 7 heteroatoms. The molecule has 106 valence electrons. The number of carboxylic acid groups (broad SMARTS) is 1. The van der Waals surface area contributed by atoms with Crippen LogP contribution in [-0.2, 0) is 14.8 Å². The first-order valence-corrected chi connectivity index (χ1v) is 7.29. The molecule has 0 amide bonds. The van der Waals surface area contributed by atoms with Crippen LogP contribution in [0.2, 0.25) is 0 Å². The molecule has 0 fully saturated rings. The molecular weight excluding hydrogens is 273 g/mol. The van der Waals surface area contributed by atoms with Crippen molar-refractivity contribution < 1.29 is 22.7 Å². The summed E-state index contributed by atoms with van der Waals surface area (Å²) in [5.41, 5.74) is 0.646. The third-order valence-electron chi connectivity index (χ3n) is 2.49. The van der Waals surface area contributed by atoms with Gasteiger partial charge in [-0.05, 0) is 37.5 Å². The number of unbranched alkanes of at least 4 members (excludes halogenated alkanes) is 1. The highest BCUT2D eigenvalue weighted by atomic mass is 32.2. The van der Waals surface area contributed by atoms with Crippen LogP contribution in [-0.4, -0.2) is 26.0 Å². The van der Waals surface area contributed by atoms with E-state index in [1.54, 1.807) is 6.92 Å². The molecule has 1 aromatic rings. The van der Waals surface area contributed by atoms with E-state index in [1.165, 1.54) is 12.1 Å². The lowest BCUT2D eigenvalue weighted by atomic mass is 10.2. The highest BCUT2D eigenvalue weighted by Gasteiger charge is 2.18. The van der Waals surface area contributed by atoms with Gasteiger partial charge in [0.05, 0.1) is 0 Å². The van der Waals surface area contributed by atoms with Gasteiger partial charge < -0.3 is 5.11 Å². The molecule has 0 bridgehead atoms. The Labute approximate surface area is 111 Å². The Morgan fingerprint density at radius 2 is 2.05 bits per heavy atom. The van der Waals surface area contributed by atoms with E-state index in [-0.39, 0.29) is 17.9 Å². The standard InChI is InChI=1S/C12H16FNO4S/c1-9-5-6-10(13)11(8-9)19(17,18)14-7-3-2-4-12(15)16/h5-6,8,14H,2-4,7H2,1H3,(H,15,16). The van der Waals surface area contributed by atoms with E-state index in [1.807, 2.05) is 0 Å². The molecule has 1 aromatic carbocycles. The van der Waals surface area contributed by atoms with Crippen LogP contribution in [0, 0.1) is 12.7 Å². The maximum atomic E-state index is 13.4. The van der Waals surface area contributed by atoms with E-state index < -0.39 is 21.8 Å². The molecule has 0 heterocycles. The predicted molar refractivity (Wildman–Crippen MR) is 67.8 cm³/mol. The van der Waals surface area contributed by atoms with Crippen molar-refractivity contribution in [3.8, 4) is 0 Å². The molecule has 0 aromatic heterocycles. The number of rotatable bonds is 7. The van der Waals surface area contributed by atoms with Crippen molar-refractivity contribution in [3.05, 3.63) is 29.6 Å². The molecule has 0 spiro atoms. The van der Waals surface area contributed by atoms with Gasteiger partial charge in [0.25, 0.3) is 0 Å². The molecule has 1 rings (SSSR count). The monoisotopic (exact) mass is 289 g/mol. The Bertz CT molecular complexity index is 557. The van der Waals surface area contributed by atoms with Crippen molar-refractivity contribution >= 4 is 16.0 Å². The van der Waals surface area contributed by atoms with Crippen LogP contribution in [0.1, 0.15) is 24.8 Å². The number of hydrogen-bond acceptors (Lipinski definition) is 3. The highest BCUT2D eigenvalue weighted by molar-refractivity contribution is 7.89.